The molecule has 0 aliphatic carbocycles. The van der Waals surface area contributed by atoms with Gasteiger partial charge in [-0.05, 0) is 30.2 Å². The predicted molar refractivity (Wildman–Crippen MR) is 61.1 cm³/mol. The molecule has 16 heavy (non-hydrogen) atoms. The van der Waals surface area contributed by atoms with Gasteiger partial charge in [0.15, 0.2) is 0 Å². The minimum Gasteiger partial charge on any atom is -0.468 e. The van der Waals surface area contributed by atoms with Crippen LogP contribution in [0.1, 0.15) is 17.4 Å². The molecule has 5 heteroatoms. The van der Waals surface area contributed by atoms with Crippen LogP contribution in [0, 0.1) is 0 Å². The molecule has 0 saturated carbocycles. The Kier molecular flexibility index (Phi) is 3.19. The highest BCUT2D eigenvalue weighted by Crippen LogP contribution is 2.20. The lowest BCUT2D eigenvalue weighted by Gasteiger charge is -2.14. The van der Waals surface area contributed by atoms with E-state index in [1.165, 1.54) is 0 Å². The number of nitrogens with two attached hydrogens (primary N) is 2. The summed E-state index contributed by atoms with van der Waals surface area (Å²) in [5, 5.41) is 0. The van der Waals surface area contributed by atoms with Crippen LogP contribution in [0.3, 0.4) is 0 Å². The van der Waals surface area contributed by atoms with Crippen molar-refractivity contribution in [2.75, 3.05) is 5.73 Å². The third-order valence-electron chi connectivity index (χ3n) is 2.45. The number of anilines is 1. The average molecular weight is 218 g/mol. The lowest BCUT2D eigenvalue weighted by Crippen LogP contribution is -2.29. The van der Waals surface area contributed by atoms with Gasteiger partial charge in [-0.2, -0.15) is 0 Å². The summed E-state index contributed by atoms with van der Waals surface area (Å²) in [6, 6.07) is 5.37. The first-order chi connectivity index (χ1) is 7.81. The summed E-state index contributed by atoms with van der Waals surface area (Å²) < 4.78 is 5.29. The fourth-order valence-corrected chi connectivity index (χ4v) is 1.56. The van der Waals surface area contributed by atoms with Gasteiger partial charge in [0.05, 0.1) is 12.3 Å². The summed E-state index contributed by atoms with van der Waals surface area (Å²) >= 11 is 0. The molecule has 0 bridgehead atoms. The molecule has 1 atom stereocenters. The Balaban J connectivity index is 2.17. The van der Waals surface area contributed by atoms with Crippen LogP contribution < -0.4 is 17.0 Å². The molecule has 1 unspecified atom stereocenters. The maximum absolute atomic E-state index is 5.84. The molecule has 84 valence electrons. The van der Waals surface area contributed by atoms with Gasteiger partial charge < -0.3 is 10.2 Å². The second kappa shape index (κ2) is 4.78. The Morgan fingerprint density at radius 3 is 2.94 bits per heavy atom. The molecule has 0 spiro atoms. The standard InChI is InChI=1S/C11H14N4O/c12-9-3-4-14-7-8(9)6-10(15-13)11-2-1-5-16-11/h1-5,7,10,15H,6,13H2,(H2,12,14). The lowest BCUT2D eigenvalue weighted by atomic mass is 10.1. The number of furan rings is 1. The zero-order valence-corrected chi connectivity index (χ0v) is 8.76. The normalized spacial score (nSPS) is 12.6. The topological polar surface area (TPSA) is 90.1 Å². The average Bonchev–Trinajstić information content (AvgIpc) is 2.81. The summed E-state index contributed by atoms with van der Waals surface area (Å²) in [4.78, 5) is 4.03. The van der Waals surface area contributed by atoms with Gasteiger partial charge in [0.2, 0.25) is 0 Å². The van der Waals surface area contributed by atoms with Crippen molar-refractivity contribution in [3.8, 4) is 0 Å². The molecule has 0 fully saturated rings. The molecule has 0 aliphatic rings. The second-order valence-electron chi connectivity index (χ2n) is 3.51. The van der Waals surface area contributed by atoms with Gasteiger partial charge in [0, 0.05) is 18.1 Å². The number of hydrogen-bond acceptors (Lipinski definition) is 5. The van der Waals surface area contributed by atoms with Gasteiger partial charge >= 0.3 is 0 Å². The van der Waals surface area contributed by atoms with Crippen LogP contribution in [0.5, 0.6) is 0 Å². The Labute approximate surface area is 93.4 Å². The highest BCUT2D eigenvalue weighted by molar-refractivity contribution is 5.44. The predicted octanol–water partition coefficient (Wildman–Crippen LogP) is 1.00. The number of nitrogens with zero attached hydrogens (tertiary/aromatic N) is 1. The fraction of sp³-hybridized carbons (Fsp3) is 0.182. The molecule has 0 aliphatic heterocycles. The largest absolute Gasteiger partial charge is 0.468 e. The molecule has 5 N–H and O–H groups in total. The lowest BCUT2D eigenvalue weighted by molar-refractivity contribution is 0.416. The molecule has 2 aromatic heterocycles. The van der Waals surface area contributed by atoms with Gasteiger partial charge in [0.25, 0.3) is 0 Å². The molecular formula is C11H14N4O. The van der Waals surface area contributed by atoms with Gasteiger partial charge in [-0.3, -0.25) is 10.8 Å². The zero-order valence-electron chi connectivity index (χ0n) is 8.76. The Morgan fingerprint density at radius 2 is 2.31 bits per heavy atom. The van der Waals surface area contributed by atoms with E-state index in [2.05, 4.69) is 10.4 Å². The number of nitrogens with one attached hydrogen (secondary N) is 1. The van der Waals surface area contributed by atoms with Crippen molar-refractivity contribution in [1.29, 1.82) is 0 Å². The first-order valence-electron chi connectivity index (χ1n) is 4.99. The first kappa shape index (κ1) is 10.7. The number of hydrazine groups is 1. The van der Waals surface area contributed by atoms with Crippen LogP contribution in [0.4, 0.5) is 5.69 Å². The van der Waals surface area contributed by atoms with Gasteiger partial charge in [-0.1, -0.05) is 0 Å². The number of hydrogen-bond donors (Lipinski definition) is 3. The SMILES string of the molecule is NNC(Cc1cnccc1N)c1ccco1. The van der Waals surface area contributed by atoms with Crippen molar-refractivity contribution in [3.05, 3.63) is 48.2 Å². The van der Waals surface area contributed by atoms with E-state index in [4.69, 9.17) is 16.0 Å². The summed E-state index contributed by atoms with van der Waals surface area (Å²) in [5.41, 5.74) is 10.2. The summed E-state index contributed by atoms with van der Waals surface area (Å²) in [7, 11) is 0. The van der Waals surface area contributed by atoms with E-state index in [9.17, 15) is 0 Å². The van der Waals surface area contributed by atoms with Gasteiger partial charge in [0.1, 0.15) is 5.76 Å². The third kappa shape index (κ3) is 2.21. The second-order valence-corrected chi connectivity index (χ2v) is 3.51. The molecule has 5 nitrogen and oxygen atoms in total. The van der Waals surface area contributed by atoms with E-state index in [0.717, 1.165) is 11.3 Å². The molecular weight excluding hydrogens is 204 g/mol. The molecule has 0 radical (unpaired) electrons. The van der Waals surface area contributed by atoms with Crippen LogP contribution in [-0.4, -0.2) is 4.98 Å². The molecule has 0 saturated heterocycles. The van der Waals surface area contributed by atoms with Crippen LogP contribution >= 0.6 is 0 Å². The Morgan fingerprint density at radius 1 is 1.44 bits per heavy atom. The van der Waals surface area contributed by atoms with Crippen LogP contribution in [-0.2, 0) is 6.42 Å². The highest BCUT2D eigenvalue weighted by Gasteiger charge is 2.14. The number of aromatic nitrogens is 1. The summed E-state index contributed by atoms with van der Waals surface area (Å²) in [5.74, 6) is 6.27. The molecule has 0 aromatic carbocycles. The van der Waals surface area contributed by atoms with Crippen molar-refractivity contribution < 1.29 is 4.42 Å². The van der Waals surface area contributed by atoms with Crippen molar-refractivity contribution in [2.24, 2.45) is 5.84 Å². The molecule has 2 aromatic rings. The number of rotatable bonds is 4. The van der Waals surface area contributed by atoms with Crippen molar-refractivity contribution in [2.45, 2.75) is 12.5 Å². The molecule has 0 amide bonds. The van der Waals surface area contributed by atoms with E-state index < -0.39 is 0 Å². The van der Waals surface area contributed by atoms with Gasteiger partial charge in [-0.25, -0.2) is 5.43 Å². The quantitative estimate of drug-likeness (QED) is 0.526. The maximum Gasteiger partial charge on any atom is 0.122 e. The molecule has 2 rings (SSSR count). The van der Waals surface area contributed by atoms with E-state index in [-0.39, 0.29) is 6.04 Å². The summed E-state index contributed by atoms with van der Waals surface area (Å²) in [6.45, 7) is 0. The van der Waals surface area contributed by atoms with E-state index in [1.807, 2.05) is 12.1 Å². The van der Waals surface area contributed by atoms with Crippen LogP contribution in [0.25, 0.3) is 0 Å². The smallest absolute Gasteiger partial charge is 0.122 e. The Hall–Kier alpha value is -1.85. The first-order valence-corrected chi connectivity index (χ1v) is 4.99. The van der Waals surface area contributed by atoms with Gasteiger partial charge in [-0.15, -0.1) is 0 Å². The number of nitrogen functional groups attached to an aromatic ring is 1. The maximum atomic E-state index is 5.84. The zero-order chi connectivity index (χ0) is 11.4. The van der Waals surface area contributed by atoms with E-state index >= 15 is 0 Å². The molecule has 2 heterocycles. The van der Waals surface area contributed by atoms with Crippen molar-refractivity contribution in [3.63, 3.8) is 0 Å². The highest BCUT2D eigenvalue weighted by atomic mass is 16.3. The minimum atomic E-state index is -0.0958. The Bertz CT molecular complexity index is 441. The summed E-state index contributed by atoms with van der Waals surface area (Å²) in [6.07, 6.45) is 5.66. The number of pyridine rings is 1. The van der Waals surface area contributed by atoms with Crippen LogP contribution in [0.15, 0.2) is 41.3 Å². The monoisotopic (exact) mass is 218 g/mol. The van der Waals surface area contributed by atoms with Crippen molar-refractivity contribution in [1.82, 2.24) is 10.4 Å². The third-order valence-corrected chi connectivity index (χ3v) is 2.45. The minimum absolute atomic E-state index is 0.0958. The van der Waals surface area contributed by atoms with E-state index in [0.29, 0.717) is 12.1 Å². The van der Waals surface area contributed by atoms with E-state index in [1.54, 1.807) is 24.7 Å². The fourth-order valence-electron chi connectivity index (χ4n) is 1.56. The van der Waals surface area contributed by atoms with Crippen LogP contribution in [0.2, 0.25) is 0 Å². The van der Waals surface area contributed by atoms with Crippen molar-refractivity contribution >= 4 is 5.69 Å².